The number of nitrogens with zero attached hydrogens (tertiary/aromatic N) is 4. The van der Waals surface area contributed by atoms with E-state index in [0.717, 1.165) is 12.4 Å². The van der Waals surface area contributed by atoms with Gasteiger partial charge in [0.2, 0.25) is 5.95 Å². The summed E-state index contributed by atoms with van der Waals surface area (Å²) in [4.78, 5) is 6.73. The zero-order valence-corrected chi connectivity index (χ0v) is 13.8. The predicted molar refractivity (Wildman–Crippen MR) is 93.5 cm³/mol. The maximum Gasteiger partial charge on any atom is 0.244 e. The van der Waals surface area contributed by atoms with Gasteiger partial charge in [-0.3, -0.25) is 0 Å². The summed E-state index contributed by atoms with van der Waals surface area (Å²) >= 11 is 0. The Morgan fingerprint density at radius 2 is 1.83 bits per heavy atom. The van der Waals surface area contributed by atoms with E-state index in [1.165, 1.54) is 44.1 Å². The van der Waals surface area contributed by atoms with Gasteiger partial charge in [0, 0.05) is 19.6 Å². The van der Waals surface area contributed by atoms with E-state index in [0.29, 0.717) is 12.0 Å². The zero-order chi connectivity index (χ0) is 15.9. The van der Waals surface area contributed by atoms with Crippen LogP contribution in [0.1, 0.15) is 44.1 Å². The number of hydrogen-bond acceptors (Lipinski definition) is 5. The Morgan fingerprint density at radius 1 is 1.09 bits per heavy atom. The number of aromatic nitrogens is 3. The summed E-state index contributed by atoms with van der Waals surface area (Å²) in [7, 11) is 2.03. The third-order valence-electron chi connectivity index (χ3n) is 4.39. The molecule has 3 rings (SSSR count). The second-order valence-corrected chi connectivity index (χ2v) is 6.31. The molecule has 1 aromatic heterocycles. The molecular weight excluding hydrogens is 286 g/mol. The van der Waals surface area contributed by atoms with Crippen molar-refractivity contribution in [2.75, 3.05) is 17.3 Å². The second-order valence-electron chi connectivity index (χ2n) is 6.31. The number of hydrogen-bond donors (Lipinski definition) is 1. The van der Waals surface area contributed by atoms with Gasteiger partial charge in [0.25, 0.3) is 0 Å². The monoisotopic (exact) mass is 311 g/mol. The Morgan fingerprint density at radius 3 is 2.57 bits per heavy atom. The van der Waals surface area contributed by atoms with Crippen molar-refractivity contribution in [3.8, 4) is 0 Å². The molecule has 1 aromatic carbocycles. The van der Waals surface area contributed by atoms with Crippen LogP contribution in [-0.2, 0) is 6.54 Å². The van der Waals surface area contributed by atoms with Crippen LogP contribution in [0.25, 0.3) is 0 Å². The molecule has 1 fully saturated rings. The molecule has 23 heavy (non-hydrogen) atoms. The van der Waals surface area contributed by atoms with E-state index in [4.69, 9.17) is 0 Å². The number of anilines is 2. The summed E-state index contributed by atoms with van der Waals surface area (Å²) in [6.07, 6.45) is 9.40. The molecule has 1 heterocycles. The van der Waals surface area contributed by atoms with Crippen molar-refractivity contribution < 1.29 is 0 Å². The lowest BCUT2D eigenvalue weighted by atomic mass is 10.1. The smallest absolute Gasteiger partial charge is 0.244 e. The topological polar surface area (TPSA) is 53.9 Å². The molecule has 1 aliphatic carbocycles. The number of rotatable bonds is 5. The highest BCUT2D eigenvalue weighted by Gasteiger charge is 2.14. The van der Waals surface area contributed by atoms with Gasteiger partial charge in [-0.25, -0.2) is 0 Å². The van der Waals surface area contributed by atoms with Gasteiger partial charge in [0.15, 0.2) is 5.82 Å². The minimum Gasteiger partial charge on any atom is -0.354 e. The van der Waals surface area contributed by atoms with Crippen LogP contribution in [0.2, 0.25) is 0 Å². The minimum atomic E-state index is 0.481. The van der Waals surface area contributed by atoms with Gasteiger partial charge in [-0.15, -0.1) is 5.10 Å². The van der Waals surface area contributed by atoms with Crippen LogP contribution in [-0.4, -0.2) is 28.3 Å². The Bertz CT molecular complexity index is 593. The van der Waals surface area contributed by atoms with E-state index in [2.05, 4.69) is 49.7 Å². The predicted octanol–water partition coefficient (Wildman–Crippen LogP) is 3.64. The molecule has 5 nitrogen and oxygen atoms in total. The molecule has 0 spiro atoms. The number of nitrogens with one attached hydrogen (secondary N) is 1. The standard InChI is InChI=1S/C18H25N5/c1-23(14-15-9-5-4-6-10-15)17-13-19-22-18(21-17)20-16-11-7-2-3-8-12-16/h4-6,9-10,13,16H,2-3,7-8,11-12,14H2,1H3,(H,20,21,22). The third-order valence-corrected chi connectivity index (χ3v) is 4.39. The Balaban J connectivity index is 1.64. The van der Waals surface area contributed by atoms with Gasteiger partial charge in [-0.1, -0.05) is 56.0 Å². The highest BCUT2D eigenvalue weighted by Crippen LogP contribution is 2.20. The van der Waals surface area contributed by atoms with Crippen molar-refractivity contribution in [3.05, 3.63) is 42.1 Å². The van der Waals surface area contributed by atoms with Crippen LogP contribution < -0.4 is 10.2 Å². The van der Waals surface area contributed by atoms with Crippen LogP contribution >= 0.6 is 0 Å². The third kappa shape index (κ3) is 4.65. The summed E-state index contributed by atoms with van der Waals surface area (Å²) in [5.74, 6) is 1.49. The van der Waals surface area contributed by atoms with Crippen molar-refractivity contribution in [2.45, 2.75) is 51.1 Å². The maximum atomic E-state index is 4.63. The van der Waals surface area contributed by atoms with Gasteiger partial charge < -0.3 is 10.2 Å². The van der Waals surface area contributed by atoms with Crippen LogP contribution in [0.5, 0.6) is 0 Å². The summed E-state index contributed by atoms with van der Waals surface area (Å²) in [5.41, 5.74) is 1.26. The zero-order valence-electron chi connectivity index (χ0n) is 13.8. The van der Waals surface area contributed by atoms with Gasteiger partial charge in [-0.05, 0) is 18.4 Å². The first kappa shape index (κ1) is 15.7. The van der Waals surface area contributed by atoms with Crippen LogP contribution in [0.4, 0.5) is 11.8 Å². The SMILES string of the molecule is CN(Cc1ccccc1)c1cnnc(NC2CCCCCC2)n1. The molecule has 0 atom stereocenters. The Hall–Kier alpha value is -2.17. The fourth-order valence-corrected chi connectivity index (χ4v) is 3.08. The van der Waals surface area contributed by atoms with Gasteiger partial charge >= 0.3 is 0 Å². The van der Waals surface area contributed by atoms with E-state index in [1.54, 1.807) is 6.20 Å². The van der Waals surface area contributed by atoms with Crippen molar-refractivity contribution >= 4 is 11.8 Å². The van der Waals surface area contributed by atoms with Gasteiger partial charge in [0.1, 0.15) is 0 Å². The highest BCUT2D eigenvalue weighted by atomic mass is 15.3. The molecule has 0 bridgehead atoms. The van der Waals surface area contributed by atoms with E-state index >= 15 is 0 Å². The lowest BCUT2D eigenvalue weighted by molar-refractivity contribution is 0.612. The van der Waals surface area contributed by atoms with Gasteiger partial charge in [0.05, 0.1) is 6.20 Å². The average Bonchev–Trinajstić information content (AvgIpc) is 2.85. The van der Waals surface area contributed by atoms with Crippen LogP contribution in [0.3, 0.4) is 0 Å². The second kappa shape index (κ2) is 7.90. The molecule has 5 heteroatoms. The van der Waals surface area contributed by atoms with E-state index in [1.807, 2.05) is 13.1 Å². The Kier molecular flexibility index (Phi) is 5.40. The molecule has 122 valence electrons. The first-order chi connectivity index (χ1) is 11.3. The van der Waals surface area contributed by atoms with Gasteiger partial charge in [-0.2, -0.15) is 10.1 Å². The summed E-state index contributed by atoms with van der Waals surface area (Å²) in [5, 5.41) is 11.7. The largest absolute Gasteiger partial charge is 0.354 e. The fraction of sp³-hybridized carbons (Fsp3) is 0.500. The lowest BCUT2D eigenvalue weighted by Gasteiger charge is -2.20. The molecule has 0 amide bonds. The van der Waals surface area contributed by atoms with Crippen molar-refractivity contribution in [1.82, 2.24) is 15.2 Å². The summed E-state index contributed by atoms with van der Waals surface area (Å²) in [6, 6.07) is 10.9. The quantitative estimate of drug-likeness (QED) is 0.854. The van der Waals surface area contributed by atoms with E-state index < -0.39 is 0 Å². The first-order valence-electron chi connectivity index (χ1n) is 8.52. The van der Waals surface area contributed by atoms with E-state index in [9.17, 15) is 0 Å². The molecule has 1 aliphatic rings. The van der Waals surface area contributed by atoms with Crippen molar-refractivity contribution in [3.63, 3.8) is 0 Å². The first-order valence-corrected chi connectivity index (χ1v) is 8.52. The maximum absolute atomic E-state index is 4.63. The molecular formula is C18H25N5. The average molecular weight is 311 g/mol. The molecule has 0 saturated heterocycles. The minimum absolute atomic E-state index is 0.481. The van der Waals surface area contributed by atoms with E-state index in [-0.39, 0.29) is 0 Å². The number of benzene rings is 1. The summed E-state index contributed by atoms with van der Waals surface area (Å²) < 4.78 is 0. The van der Waals surface area contributed by atoms with Crippen molar-refractivity contribution in [2.24, 2.45) is 0 Å². The molecule has 1 N–H and O–H groups in total. The highest BCUT2D eigenvalue weighted by molar-refractivity contribution is 5.40. The Labute approximate surface area is 138 Å². The normalized spacial score (nSPS) is 15.9. The molecule has 0 aliphatic heterocycles. The molecule has 0 radical (unpaired) electrons. The van der Waals surface area contributed by atoms with Crippen LogP contribution in [0.15, 0.2) is 36.5 Å². The fourth-order valence-electron chi connectivity index (χ4n) is 3.08. The molecule has 1 saturated carbocycles. The molecule has 0 unspecified atom stereocenters. The summed E-state index contributed by atoms with van der Waals surface area (Å²) in [6.45, 7) is 0.808. The lowest BCUT2D eigenvalue weighted by Crippen LogP contribution is -2.22. The molecule has 2 aromatic rings. The van der Waals surface area contributed by atoms with Crippen molar-refractivity contribution in [1.29, 1.82) is 0 Å². The van der Waals surface area contributed by atoms with Crippen LogP contribution in [0, 0.1) is 0 Å².